The highest BCUT2D eigenvalue weighted by Crippen LogP contribution is 2.31. The van der Waals surface area contributed by atoms with Crippen LogP contribution in [-0.4, -0.2) is 103 Å². The number of morpholine rings is 1. The average molecular weight is 733 g/mol. The van der Waals surface area contributed by atoms with E-state index in [9.17, 15) is 18.0 Å². The number of hydrogen-bond acceptors (Lipinski definition) is 8. The highest BCUT2D eigenvalue weighted by molar-refractivity contribution is 7.91. The number of rotatable bonds is 10. The smallest absolute Gasteiger partial charge is 0.255 e. The van der Waals surface area contributed by atoms with Gasteiger partial charge in [0.05, 0.1) is 36.6 Å². The molecular formula is C41H44N6O5S. The number of amides is 2. The summed E-state index contributed by atoms with van der Waals surface area (Å²) in [6, 6.07) is 32.4. The van der Waals surface area contributed by atoms with Crippen molar-refractivity contribution in [1.82, 2.24) is 24.7 Å². The summed E-state index contributed by atoms with van der Waals surface area (Å²) < 4.78 is 29.2. The quantitative estimate of drug-likeness (QED) is 0.195. The van der Waals surface area contributed by atoms with E-state index in [2.05, 4.69) is 15.2 Å². The van der Waals surface area contributed by atoms with E-state index in [1.165, 1.54) is 0 Å². The average Bonchev–Trinajstić information content (AvgIpc) is 3.67. The molecule has 5 aromatic rings. The minimum absolute atomic E-state index is 0.0153. The number of nitrogens with zero attached hydrogens (tertiary/aromatic N) is 4. The molecule has 0 radical (unpaired) electrons. The number of carbonyl (C=O) groups is 2. The summed E-state index contributed by atoms with van der Waals surface area (Å²) in [7, 11) is 0.935. The SMILES string of the molecule is CN(C)[C@@H](C(=O)N1CCOC[C@H]1c1ncc(-c2ccc(-c3ccc(C(=O)Nc4ccc(CN5CCS(=O)(=O)CC5)cc4)cc3)cc2)[nH]1)c1ccccc1. The van der Waals surface area contributed by atoms with Crippen molar-refractivity contribution in [2.75, 3.05) is 63.8 Å². The summed E-state index contributed by atoms with van der Waals surface area (Å²) in [6.45, 7) is 3.09. The third-order valence-electron chi connectivity index (χ3n) is 9.92. The van der Waals surface area contributed by atoms with Crippen LogP contribution in [-0.2, 0) is 25.9 Å². The third kappa shape index (κ3) is 8.58. The molecule has 2 amide bonds. The van der Waals surface area contributed by atoms with Gasteiger partial charge in [-0.05, 0) is 66.2 Å². The number of aromatic amines is 1. The van der Waals surface area contributed by atoms with Gasteiger partial charge in [0.25, 0.3) is 5.91 Å². The third-order valence-corrected chi connectivity index (χ3v) is 11.5. The second-order valence-electron chi connectivity index (χ2n) is 13.8. The fourth-order valence-corrected chi connectivity index (χ4v) is 8.20. The Labute approximate surface area is 310 Å². The molecule has 2 aliphatic heterocycles. The van der Waals surface area contributed by atoms with Gasteiger partial charge in [0.15, 0.2) is 9.84 Å². The predicted octanol–water partition coefficient (Wildman–Crippen LogP) is 5.43. The number of hydrogen-bond donors (Lipinski definition) is 2. The normalized spacial score (nSPS) is 18.1. The van der Waals surface area contributed by atoms with E-state index in [1.807, 2.05) is 127 Å². The summed E-state index contributed by atoms with van der Waals surface area (Å²) >= 11 is 0. The minimum Gasteiger partial charge on any atom is -0.377 e. The molecule has 2 aliphatic rings. The van der Waals surface area contributed by atoms with Gasteiger partial charge in [0.1, 0.15) is 17.9 Å². The molecule has 2 saturated heterocycles. The summed E-state index contributed by atoms with van der Waals surface area (Å²) in [5, 5.41) is 2.96. The van der Waals surface area contributed by atoms with E-state index in [0.29, 0.717) is 56.5 Å². The lowest BCUT2D eigenvalue weighted by Crippen LogP contribution is -2.48. The van der Waals surface area contributed by atoms with Gasteiger partial charge in [-0.1, -0.05) is 78.9 Å². The zero-order chi connectivity index (χ0) is 37.0. The second-order valence-corrected chi connectivity index (χ2v) is 16.1. The van der Waals surface area contributed by atoms with E-state index in [0.717, 1.165) is 33.5 Å². The maximum Gasteiger partial charge on any atom is 0.255 e. The van der Waals surface area contributed by atoms with Gasteiger partial charge in [-0.25, -0.2) is 13.4 Å². The lowest BCUT2D eigenvalue weighted by molar-refractivity contribution is -0.145. The molecule has 12 heteroatoms. The highest BCUT2D eigenvalue weighted by Gasteiger charge is 2.36. The van der Waals surface area contributed by atoms with Crippen molar-refractivity contribution in [3.8, 4) is 22.4 Å². The molecule has 2 atom stereocenters. The summed E-state index contributed by atoms with van der Waals surface area (Å²) in [4.78, 5) is 41.1. The Balaban J connectivity index is 0.967. The maximum absolute atomic E-state index is 13.9. The summed E-state index contributed by atoms with van der Waals surface area (Å²) in [5.41, 5.74) is 7.06. The van der Waals surface area contributed by atoms with E-state index in [1.54, 1.807) is 6.20 Å². The minimum atomic E-state index is -2.91. The van der Waals surface area contributed by atoms with Crippen molar-refractivity contribution in [3.05, 3.63) is 132 Å². The van der Waals surface area contributed by atoms with E-state index in [4.69, 9.17) is 9.72 Å². The fraction of sp³-hybridized carbons (Fsp3) is 0.293. The van der Waals surface area contributed by atoms with Crippen molar-refractivity contribution in [3.63, 3.8) is 0 Å². The molecule has 4 aromatic carbocycles. The first-order chi connectivity index (χ1) is 25.6. The first-order valence-electron chi connectivity index (χ1n) is 17.8. The Morgan fingerprint density at radius 3 is 2.17 bits per heavy atom. The van der Waals surface area contributed by atoms with Crippen molar-refractivity contribution in [1.29, 1.82) is 0 Å². The number of imidazole rings is 1. The van der Waals surface area contributed by atoms with Crippen LogP contribution in [0.5, 0.6) is 0 Å². The number of anilines is 1. The Morgan fingerprint density at radius 1 is 0.868 bits per heavy atom. The molecule has 0 unspecified atom stereocenters. The van der Waals surface area contributed by atoms with Crippen molar-refractivity contribution in [2.45, 2.75) is 18.6 Å². The molecule has 53 heavy (non-hydrogen) atoms. The van der Waals surface area contributed by atoms with E-state index < -0.39 is 15.9 Å². The lowest BCUT2D eigenvalue weighted by Gasteiger charge is -2.38. The van der Waals surface area contributed by atoms with E-state index >= 15 is 0 Å². The Kier molecular flexibility index (Phi) is 10.8. The Hall–Kier alpha value is -5.14. The van der Waals surface area contributed by atoms with Crippen LogP contribution >= 0.6 is 0 Å². The first kappa shape index (κ1) is 36.2. The second kappa shape index (κ2) is 15.8. The van der Waals surface area contributed by atoms with Gasteiger partial charge in [-0.3, -0.25) is 19.4 Å². The number of likely N-dealkylation sites (N-methyl/N-ethyl adjacent to an activating group) is 1. The number of carbonyl (C=O) groups excluding carboxylic acids is 2. The number of H-pyrrole nitrogens is 1. The van der Waals surface area contributed by atoms with E-state index in [-0.39, 0.29) is 29.4 Å². The molecule has 2 fully saturated rings. The molecule has 11 nitrogen and oxygen atoms in total. The lowest BCUT2D eigenvalue weighted by atomic mass is 10.0. The van der Waals surface area contributed by atoms with Crippen LogP contribution in [0.4, 0.5) is 5.69 Å². The molecule has 7 rings (SSSR count). The van der Waals surface area contributed by atoms with Crippen LogP contribution in [0.15, 0.2) is 109 Å². The molecular weight excluding hydrogens is 689 g/mol. The molecule has 0 spiro atoms. The molecule has 0 bridgehead atoms. The molecule has 274 valence electrons. The fourth-order valence-electron chi connectivity index (χ4n) is 6.92. The highest BCUT2D eigenvalue weighted by atomic mass is 32.2. The van der Waals surface area contributed by atoms with Crippen LogP contribution < -0.4 is 5.32 Å². The van der Waals surface area contributed by atoms with Crippen LogP contribution in [0.2, 0.25) is 0 Å². The van der Waals surface area contributed by atoms with Gasteiger partial charge in [-0.15, -0.1) is 0 Å². The molecule has 2 N–H and O–H groups in total. The number of sulfone groups is 1. The monoisotopic (exact) mass is 732 g/mol. The maximum atomic E-state index is 13.9. The Morgan fingerprint density at radius 2 is 1.51 bits per heavy atom. The molecule has 1 aromatic heterocycles. The zero-order valence-electron chi connectivity index (χ0n) is 29.9. The zero-order valence-corrected chi connectivity index (χ0v) is 30.8. The van der Waals surface area contributed by atoms with Crippen molar-refractivity contribution < 1.29 is 22.7 Å². The van der Waals surface area contributed by atoms with Crippen LogP contribution in [0.25, 0.3) is 22.4 Å². The van der Waals surface area contributed by atoms with Crippen LogP contribution in [0.1, 0.15) is 39.4 Å². The number of aromatic nitrogens is 2. The standard InChI is InChI=1S/C41H44N6O5S/c1-45(2)38(33-6-4-3-5-7-33)41(49)47-20-23-52-28-37(47)39-42-26-36(44-39)32-14-10-30(11-15-32)31-12-16-34(17-13-31)40(48)43-35-18-8-29(9-19-35)27-46-21-24-53(50,51)25-22-46/h3-19,26,37-38H,20-25,27-28H2,1-2H3,(H,42,44)(H,43,48)/t37-,38+/m0/s1. The topological polar surface area (TPSA) is 128 Å². The van der Waals surface area contributed by atoms with Crippen LogP contribution in [0.3, 0.4) is 0 Å². The van der Waals surface area contributed by atoms with Gasteiger partial charge in [-0.2, -0.15) is 0 Å². The Bertz CT molecular complexity index is 2120. The summed E-state index contributed by atoms with van der Waals surface area (Å²) in [5.74, 6) is 0.904. The number of nitrogens with one attached hydrogen (secondary N) is 2. The van der Waals surface area contributed by atoms with Crippen LogP contribution in [0, 0.1) is 0 Å². The first-order valence-corrected chi connectivity index (χ1v) is 19.6. The van der Waals surface area contributed by atoms with Gasteiger partial charge >= 0.3 is 0 Å². The van der Waals surface area contributed by atoms with Crippen molar-refractivity contribution in [2.24, 2.45) is 0 Å². The molecule has 3 heterocycles. The number of ether oxygens (including phenoxy) is 1. The molecule has 0 saturated carbocycles. The van der Waals surface area contributed by atoms with Crippen molar-refractivity contribution >= 4 is 27.3 Å². The number of benzene rings is 4. The summed E-state index contributed by atoms with van der Waals surface area (Å²) in [6.07, 6.45) is 1.80. The largest absolute Gasteiger partial charge is 0.377 e. The van der Waals surface area contributed by atoms with Gasteiger partial charge in [0, 0.05) is 37.4 Å². The molecule has 0 aliphatic carbocycles. The predicted molar refractivity (Wildman–Crippen MR) is 206 cm³/mol. The van der Waals surface area contributed by atoms with Gasteiger partial charge in [0.2, 0.25) is 5.91 Å². The van der Waals surface area contributed by atoms with Gasteiger partial charge < -0.3 is 19.9 Å².